The van der Waals surface area contributed by atoms with Crippen molar-refractivity contribution >= 4 is 11.9 Å². The summed E-state index contributed by atoms with van der Waals surface area (Å²) in [6.07, 6.45) is 0.0118. The Balaban J connectivity index is 2.33. The average Bonchev–Trinajstić information content (AvgIpc) is 2.09. The number of aliphatic carboxylic acids is 1. The van der Waals surface area contributed by atoms with Crippen molar-refractivity contribution in [2.24, 2.45) is 11.8 Å². The molecule has 5 heteroatoms. The fourth-order valence-electron chi connectivity index (χ4n) is 1.59. The molecular formula is C10H18N2O3. The predicted octanol–water partition coefficient (Wildman–Crippen LogP) is -0.225. The van der Waals surface area contributed by atoms with Crippen molar-refractivity contribution in [3.63, 3.8) is 0 Å². The van der Waals surface area contributed by atoms with E-state index in [0.717, 1.165) is 13.1 Å². The first-order valence-electron chi connectivity index (χ1n) is 5.20. The van der Waals surface area contributed by atoms with E-state index < -0.39 is 5.97 Å². The lowest BCUT2D eigenvalue weighted by Crippen LogP contribution is -2.50. The topological polar surface area (TPSA) is 69.6 Å². The summed E-state index contributed by atoms with van der Waals surface area (Å²) in [4.78, 5) is 23.7. The summed E-state index contributed by atoms with van der Waals surface area (Å²) in [5.74, 6) is -0.426. The summed E-state index contributed by atoms with van der Waals surface area (Å²) >= 11 is 0. The van der Waals surface area contributed by atoms with E-state index in [9.17, 15) is 9.59 Å². The number of hydrogen-bond acceptors (Lipinski definition) is 3. The first-order chi connectivity index (χ1) is 7.02. The molecule has 1 atom stereocenters. The zero-order valence-corrected chi connectivity index (χ0v) is 9.19. The smallest absolute Gasteiger partial charge is 0.305 e. The number of carbonyl (C=O) groups is 2. The molecule has 0 aromatic heterocycles. The van der Waals surface area contributed by atoms with Gasteiger partial charge in [-0.15, -0.1) is 0 Å². The van der Waals surface area contributed by atoms with Gasteiger partial charge in [0.1, 0.15) is 0 Å². The van der Waals surface area contributed by atoms with Gasteiger partial charge in [0.05, 0.1) is 6.42 Å². The van der Waals surface area contributed by atoms with Gasteiger partial charge in [0.25, 0.3) is 0 Å². The molecule has 1 saturated heterocycles. The van der Waals surface area contributed by atoms with Gasteiger partial charge < -0.3 is 15.3 Å². The van der Waals surface area contributed by atoms with Crippen molar-refractivity contribution in [2.45, 2.75) is 13.3 Å². The van der Waals surface area contributed by atoms with Gasteiger partial charge in [-0.05, 0) is 19.0 Å². The van der Waals surface area contributed by atoms with Crippen LogP contribution >= 0.6 is 0 Å². The van der Waals surface area contributed by atoms with E-state index in [0.29, 0.717) is 12.5 Å². The fraction of sp³-hybridized carbons (Fsp3) is 0.800. The Hall–Kier alpha value is -1.10. The van der Waals surface area contributed by atoms with Gasteiger partial charge in [-0.2, -0.15) is 0 Å². The van der Waals surface area contributed by atoms with Crippen molar-refractivity contribution in [1.82, 2.24) is 10.2 Å². The molecule has 2 N–H and O–H groups in total. The number of rotatable bonds is 5. The van der Waals surface area contributed by atoms with Crippen LogP contribution in [0.5, 0.6) is 0 Å². The summed E-state index contributed by atoms with van der Waals surface area (Å²) < 4.78 is 0. The third kappa shape index (κ3) is 3.20. The normalized spacial score (nSPS) is 18.0. The number of carbonyl (C=O) groups excluding carboxylic acids is 1. The SMILES string of the molecule is CC(C(=O)N(C)CCC(=O)O)C1CNC1. The van der Waals surface area contributed by atoms with E-state index in [1.165, 1.54) is 4.90 Å². The zero-order valence-electron chi connectivity index (χ0n) is 9.19. The second kappa shape index (κ2) is 5.11. The summed E-state index contributed by atoms with van der Waals surface area (Å²) in [5.41, 5.74) is 0. The van der Waals surface area contributed by atoms with Crippen molar-refractivity contribution < 1.29 is 14.7 Å². The van der Waals surface area contributed by atoms with Crippen LogP contribution in [0.4, 0.5) is 0 Å². The number of nitrogens with one attached hydrogen (secondary N) is 1. The molecule has 0 spiro atoms. The summed E-state index contributed by atoms with van der Waals surface area (Å²) in [6, 6.07) is 0. The number of nitrogens with zero attached hydrogens (tertiary/aromatic N) is 1. The van der Waals surface area contributed by atoms with Crippen LogP contribution in [0.1, 0.15) is 13.3 Å². The lowest BCUT2D eigenvalue weighted by molar-refractivity contribution is -0.139. The van der Waals surface area contributed by atoms with Gasteiger partial charge in [-0.1, -0.05) is 6.92 Å². The minimum absolute atomic E-state index is 0.00922. The highest BCUT2D eigenvalue weighted by Crippen LogP contribution is 2.17. The van der Waals surface area contributed by atoms with E-state index in [1.807, 2.05) is 6.92 Å². The Morgan fingerprint density at radius 3 is 2.53 bits per heavy atom. The molecule has 15 heavy (non-hydrogen) atoms. The molecule has 1 fully saturated rings. The minimum atomic E-state index is -0.868. The van der Waals surface area contributed by atoms with Crippen molar-refractivity contribution in [1.29, 1.82) is 0 Å². The Kier molecular flexibility index (Phi) is 4.08. The van der Waals surface area contributed by atoms with Crippen LogP contribution in [0.25, 0.3) is 0 Å². The van der Waals surface area contributed by atoms with Crippen LogP contribution in [0.15, 0.2) is 0 Å². The van der Waals surface area contributed by atoms with Crippen molar-refractivity contribution in [2.75, 3.05) is 26.7 Å². The van der Waals surface area contributed by atoms with Gasteiger partial charge >= 0.3 is 5.97 Å². The molecule has 1 rings (SSSR count). The average molecular weight is 214 g/mol. The lowest BCUT2D eigenvalue weighted by Gasteiger charge is -2.33. The molecule has 1 amide bonds. The van der Waals surface area contributed by atoms with E-state index >= 15 is 0 Å². The van der Waals surface area contributed by atoms with E-state index in [4.69, 9.17) is 5.11 Å². The number of amides is 1. The highest BCUT2D eigenvalue weighted by atomic mass is 16.4. The maximum absolute atomic E-state index is 11.8. The first kappa shape index (κ1) is 12.0. The second-order valence-electron chi connectivity index (χ2n) is 4.11. The zero-order chi connectivity index (χ0) is 11.4. The van der Waals surface area contributed by atoms with Crippen LogP contribution in [0, 0.1) is 11.8 Å². The Morgan fingerprint density at radius 1 is 1.53 bits per heavy atom. The second-order valence-corrected chi connectivity index (χ2v) is 4.11. The molecular weight excluding hydrogens is 196 g/mol. The molecule has 0 bridgehead atoms. The van der Waals surface area contributed by atoms with Crippen molar-refractivity contribution in [3.8, 4) is 0 Å². The molecule has 0 saturated carbocycles. The monoisotopic (exact) mass is 214 g/mol. The van der Waals surface area contributed by atoms with Gasteiger partial charge in [0, 0.05) is 19.5 Å². The van der Waals surface area contributed by atoms with E-state index in [-0.39, 0.29) is 18.2 Å². The van der Waals surface area contributed by atoms with Crippen LogP contribution < -0.4 is 5.32 Å². The molecule has 1 heterocycles. The molecule has 1 aliphatic rings. The van der Waals surface area contributed by atoms with Crippen LogP contribution in [0.2, 0.25) is 0 Å². The molecule has 0 aromatic carbocycles. The van der Waals surface area contributed by atoms with Gasteiger partial charge in [-0.25, -0.2) is 0 Å². The molecule has 1 aliphatic heterocycles. The molecule has 1 unspecified atom stereocenters. The molecule has 5 nitrogen and oxygen atoms in total. The summed E-state index contributed by atoms with van der Waals surface area (Å²) in [5, 5.41) is 11.6. The van der Waals surface area contributed by atoms with Gasteiger partial charge in [-0.3, -0.25) is 9.59 Å². The highest BCUT2D eigenvalue weighted by molar-refractivity contribution is 5.79. The predicted molar refractivity (Wildman–Crippen MR) is 55.4 cm³/mol. The first-order valence-corrected chi connectivity index (χ1v) is 5.20. The molecule has 0 aliphatic carbocycles. The van der Waals surface area contributed by atoms with Crippen LogP contribution in [0.3, 0.4) is 0 Å². The number of carboxylic acids is 1. The Bertz CT molecular complexity index is 251. The fourth-order valence-corrected chi connectivity index (χ4v) is 1.59. The Morgan fingerprint density at radius 2 is 2.13 bits per heavy atom. The maximum atomic E-state index is 11.8. The Labute approximate surface area is 89.4 Å². The van der Waals surface area contributed by atoms with Crippen LogP contribution in [-0.2, 0) is 9.59 Å². The standard InChI is InChI=1S/C10H18N2O3/c1-7(8-5-11-6-8)10(15)12(2)4-3-9(13)14/h7-8,11H,3-6H2,1-2H3,(H,13,14). The van der Waals surface area contributed by atoms with E-state index in [2.05, 4.69) is 5.32 Å². The molecule has 0 aromatic rings. The number of hydrogen-bond donors (Lipinski definition) is 2. The lowest BCUT2D eigenvalue weighted by atomic mass is 9.88. The highest BCUT2D eigenvalue weighted by Gasteiger charge is 2.30. The molecule has 86 valence electrons. The van der Waals surface area contributed by atoms with Crippen LogP contribution in [-0.4, -0.2) is 48.6 Å². The van der Waals surface area contributed by atoms with E-state index in [1.54, 1.807) is 7.05 Å². The third-order valence-corrected chi connectivity index (χ3v) is 2.95. The quantitative estimate of drug-likeness (QED) is 0.663. The number of carboxylic acid groups (broad SMARTS) is 1. The third-order valence-electron chi connectivity index (χ3n) is 2.95. The van der Waals surface area contributed by atoms with Gasteiger partial charge in [0.2, 0.25) is 5.91 Å². The van der Waals surface area contributed by atoms with Crippen molar-refractivity contribution in [3.05, 3.63) is 0 Å². The summed E-state index contributed by atoms with van der Waals surface area (Å²) in [7, 11) is 1.66. The minimum Gasteiger partial charge on any atom is -0.481 e. The molecule has 0 radical (unpaired) electrons. The largest absolute Gasteiger partial charge is 0.481 e. The summed E-state index contributed by atoms with van der Waals surface area (Å²) in [6.45, 7) is 3.98. The van der Waals surface area contributed by atoms with Gasteiger partial charge in [0.15, 0.2) is 0 Å². The maximum Gasteiger partial charge on any atom is 0.305 e.